The molecule has 1 aliphatic rings. The lowest BCUT2D eigenvalue weighted by Gasteiger charge is -2.25. The van der Waals surface area contributed by atoms with E-state index in [4.69, 9.17) is 34.8 Å². The molecule has 0 spiro atoms. The molecule has 0 radical (unpaired) electrons. The van der Waals surface area contributed by atoms with Gasteiger partial charge in [0.05, 0.1) is 5.69 Å². The number of nitrogens with zero attached hydrogens (tertiary/aromatic N) is 3. The van der Waals surface area contributed by atoms with Gasteiger partial charge in [-0.25, -0.2) is 19.1 Å². The Morgan fingerprint density at radius 2 is 1.69 bits per heavy atom. The van der Waals surface area contributed by atoms with Gasteiger partial charge in [-0.3, -0.25) is 9.69 Å². The van der Waals surface area contributed by atoms with Crippen LogP contribution in [0.15, 0.2) is 53.5 Å². The van der Waals surface area contributed by atoms with Gasteiger partial charge in [-0.05, 0) is 30.7 Å². The summed E-state index contributed by atoms with van der Waals surface area (Å²) in [6.45, 7) is 1.84. The van der Waals surface area contributed by atoms with E-state index >= 15 is 0 Å². The highest BCUT2D eigenvalue weighted by Gasteiger charge is 2.44. The Morgan fingerprint density at radius 1 is 1.07 bits per heavy atom. The van der Waals surface area contributed by atoms with E-state index in [-0.39, 0.29) is 11.5 Å². The largest absolute Gasteiger partial charge is 0.360 e. The summed E-state index contributed by atoms with van der Waals surface area (Å²) in [6.07, 6.45) is -1.24. The Hall–Kier alpha value is -2.35. The van der Waals surface area contributed by atoms with E-state index in [0.29, 0.717) is 5.69 Å². The molecule has 1 heterocycles. The number of likely N-dealkylation sites (N-methyl/N-ethyl adjacent to an activating group) is 1. The van der Waals surface area contributed by atoms with Gasteiger partial charge in [0.25, 0.3) is 5.91 Å². The van der Waals surface area contributed by atoms with Crippen LogP contribution in [0, 0.1) is 12.7 Å². The van der Waals surface area contributed by atoms with E-state index in [0.717, 1.165) is 15.4 Å². The number of benzene rings is 2. The molecule has 0 aromatic heterocycles. The van der Waals surface area contributed by atoms with Crippen molar-refractivity contribution in [2.24, 2.45) is 4.99 Å². The number of rotatable bonds is 4. The minimum absolute atomic E-state index is 0.132. The summed E-state index contributed by atoms with van der Waals surface area (Å²) in [5.74, 6) is -1.81. The average Bonchev–Trinajstić information content (AvgIpc) is 2.86. The summed E-state index contributed by atoms with van der Waals surface area (Å²) in [5.41, 5.74) is 1.34. The Labute approximate surface area is 181 Å². The first-order chi connectivity index (χ1) is 13.6. The Bertz CT molecular complexity index is 993. The standard InChI is InChI=1S/C19H16Cl3FN4O2/c1-11-7-3-5-9-13(11)24-17(19(20,21)22)25-15-16(28)26(2)18(29)27(15)14-10-6-4-8-12(14)23/h3-10,17,24H,1-2H3. The summed E-state index contributed by atoms with van der Waals surface area (Å²) in [7, 11) is 1.26. The lowest BCUT2D eigenvalue weighted by molar-refractivity contribution is -0.119. The number of hydrogen-bond acceptors (Lipinski definition) is 4. The molecule has 2 aromatic carbocycles. The lowest BCUT2D eigenvalue weighted by Crippen LogP contribution is -2.38. The van der Waals surface area contributed by atoms with Crippen LogP contribution in [0.1, 0.15) is 5.56 Å². The lowest BCUT2D eigenvalue weighted by atomic mass is 10.2. The first-order valence-electron chi connectivity index (χ1n) is 8.44. The zero-order chi connectivity index (χ0) is 21.3. The molecule has 29 heavy (non-hydrogen) atoms. The van der Waals surface area contributed by atoms with Crippen molar-refractivity contribution >= 4 is 64.0 Å². The quantitative estimate of drug-likeness (QED) is 0.533. The van der Waals surface area contributed by atoms with Crippen molar-refractivity contribution in [2.45, 2.75) is 16.9 Å². The Kier molecular flexibility index (Phi) is 6.03. The molecule has 1 aliphatic heterocycles. The van der Waals surface area contributed by atoms with Crippen LogP contribution in [0.2, 0.25) is 0 Å². The van der Waals surface area contributed by atoms with Crippen molar-refractivity contribution in [2.75, 3.05) is 17.3 Å². The number of hydrogen-bond donors (Lipinski definition) is 1. The van der Waals surface area contributed by atoms with Crippen molar-refractivity contribution in [3.05, 3.63) is 59.9 Å². The number of imide groups is 1. The number of carbonyl (C=O) groups excluding carboxylic acids is 2. The summed E-state index contributed by atoms with van der Waals surface area (Å²) in [4.78, 5) is 31.1. The second-order valence-corrected chi connectivity index (χ2v) is 8.66. The fourth-order valence-corrected chi connectivity index (χ4v) is 3.04. The summed E-state index contributed by atoms with van der Waals surface area (Å²) in [5, 5.41) is 2.97. The van der Waals surface area contributed by atoms with Gasteiger partial charge in [-0.2, -0.15) is 0 Å². The van der Waals surface area contributed by atoms with Gasteiger partial charge in [0.15, 0.2) is 6.17 Å². The van der Waals surface area contributed by atoms with E-state index in [1.165, 1.54) is 31.3 Å². The molecule has 2 aromatic rings. The number of nitrogens with one attached hydrogen (secondary N) is 1. The van der Waals surface area contributed by atoms with Crippen molar-refractivity contribution in [3.63, 3.8) is 0 Å². The molecule has 1 saturated heterocycles. The van der Waals surface area contributed by atoms with E-state index in [1.54, 1.807) is 12.1 Å². The number of carbonyl (C=O) groups is 2. The average molecular weight is 458 g/mol. The fraction of sp³-hybridized carbons (Fsp3) is 0.211. The van der Waals surface area contributed by atoms with Gasteiger partial charge in [-0.1, -0.05) is 65.1 Å². The first-order valence-corrected chi connectivity index (χ1v) is 9.58. The van der Waals surface area contributed by atoms with E-state index in [2.05, 4.69) is 10.3 Å². The zero-order valence-electron chi connectivity index (χ0n) is 15.4. The van der Waals surface area contributed by atoms with Gasteiger partial charge < -0.3 is 5.32 Å². The number of alkyl halides is 3. The second kappa shape index (κ2) is 8.18. The van der Waals surface area contributed by atoms with Gasteiger partial charge in [-0.15, -0.1) is 0 Å². The van der Waals surface area contributed by atoms with Crippen LogP contribution in [0.25, 0.3) is 0 Å². The third-order valence-electron chi connectivity index (χ3n) is 4.28. The number of halogens is 4. The maximum absolute atomic E-state index is 14.3. The highest BCUT2D eigenvalue weighted by Crippen LogP contribution is 2.35. The summed E-state index contributed by atoms with van der Waals surface area (Å²) in [6, 6.07) is 12.0. The van der Waals surface area contributed by atoms with Crippen LogP contribution in [0.5, 0.6) is 0 Å². The van der Waals surface area contributed by atoms with Crippen molar-refractivity contribution < 1.29 is 14.0 Å². The molecule has 1 N–H and O–H groups in total. The van der Waals surface area contributed by atoms with Crippen molar-refractivity contribution in [1.82, 2.24) is 4.90 Å². The molecular formula is C19H16Cl3FN4O2. The van der Waals surface area contributed by atoms with E-state index < -0.39 is 27.7 Å². The van der Waals surface area contributed by atoms with Crippen LogP contribution in [0.4, 0.5) is 20.6 Å². The van der Waals surface area contributed by atoms with Crippen LogP contribution in [0.3, 0.4) is 0 Å². The van der Waals surface area contributed by atoms with Gasteiger partial charge in [0.1, 0.15) is 5.82 Å². The zero-order valence-corrected chi connectivity index (χ0v) is 17.6. The first kappa shape index (κ1) is 21.4. The van der Waals surface area contributed by atoms with Crippen LogP contribution in [-0.4, -0.2) is 39.7 Å². The summed E-state index contributed by atoms with van der Waals surface area (Å²) >= 11 is 18.3. The predicted octanol–water partition coefficient (Wildman–Crippen LogP) is 4.74. The molecule has 0 aliphatic carbocycles. The number of aryl methyl sites for hydroxylation is 1. The molecule has 3 rings (SSSR count). The Balaban J connectivity index is 2.09. The maximum Gasteiger partial charge on any atom is 0.337 e. The molecule has 1 fully saturated rings. The van der Waals surface area contributed by atoms with Crippen molar-refractivity contribution in [1.29, 1.82) is 0 Å². The van der Waals surface area contributed by atoms with Crippen LogP contribution in [-0.2, 0) is 4.79 Å². The number of anilines is 2. The molecule has 10 heteroatoms. The third kappa shape index (κ3) is 4.32. The number of amidine groups is 1. The molecular weight excluding hydrogens is 442 g/mol. The molecule has 0 saturated carbocycles. The molecule has 3 amide bonds. The number of urea groups is 1. The highest BCUT2D eigenvalue weighted by atomic mass is 35.6. The minimum atomic E-state index is -1.97. The molecule has 1 atom stereocenters. The van der Waals surface area contributed by atoms with Gasteiger partial charge in [0, 0.05) is 12.7 Å². The third-order valence-corrected chi connectivity index (χ3v) is 4.90. The number of amides is 3. The highest BCUT2D eigenvalue weighted by molar-refractivity contribution is 6.68. The van der Waals surface area contributed by atoms with E-state index in [9.17, 15) is 14.0 Å². The molecule has 1 unspecified atom stereocenters. The minimum Gasteiger partial charge on any atom is -0.360 e. The molecule has 6 nitrogen and oxygen atoms in total. The Morgan fingerprint density at radius 3 is 2.31 bits per heavy atom. The van der Waals surface area contributed by atoms with Gasteiger partial charge in [0.2, 0.25) is 9.63 Å². The van der Waals surface area contributed by atoms with Crippen molar-refractivity contribution in [3.8, 4) is 0 Å². The molecule has 152 valence electrons. The number of aliphatic imine (C=N–C) groups is 1. The predicted molar refractivity (Wildman–Crippen MR) is 113 cm³/mol. The summed E-state index contributed by atoms with van der Waals surface area (Å²) < 4.78 is 12.4. The smallest absolute Gasteiger partial charge is 0.337 e. The molecule has 0 bridgehead atoms. The second-order valence-electron chi connectivity index (χ2n) is 6.29. The normalized spacial score (nSPS) is 17.2. The van der Waals surface area contributed by atoms with Crippen LogP contribution >= 0.6 is 34.8 Å². The fourth-order valence-electron chi connectivity index (χ4n) is 2.73. The SMILES string of the molecule is Cc1ccccc1NC(N=C1C(=O)N(C)C(=O)N1c1ccccc1F)C(Cl)(Cl)Cl. The van der Waals surface area contributed by atoms with Gasteiger partial charge >= 0.3 is 6.03 Å². The van der Waals surface area contributed by atoms with Crippen LogP contribution < -0.4 is 10.2 Å². The number of para-hydroxylation sites is 2. The maximum atomic E-state index is 14.3. The topological polar surface area (TPSA) is 65.0 Å². The monoisotopic (exact) mass is 456 g/mol. The van der Waals surface area contributed by atoms with E-state index in [1.807, 2.05) is 19.1 Å².